The lowest BCUT2D eigenvalue weighted by Gasteiger charge is -2.19. The van der Waals surface area contributed by atoms with E-state index in [1.807, 2.05) is 0 Å². The summed E-state index contributed by atoms with van der Waals surface area (Å²) < 4.78 is 10.9. The van der Waals surface area contributed by atoms with E-state index in [1.165, 1.54) is 0 Å². The molecule has 2 heterocycles. The standard InChI is InChI=1S/C20H19N3O5/c24-18(21-12-5-7-16-17(11-12)28-10-9-27-16)8-6-15-20(26)22-14-4-2-1-3-13(14)19(25)23-15/h1-5,7,11,15H,6,8-10H2,(H,21,24)(H,22,26)(H,23,25). The summed E-state index contributed by atoms with van der Waals surface area (Å²) in [4.78, 5) is 37.0. The van der Waals surface area contributed by atoms with E-state index in [-0.39, 0.29) is 30.6 Å². The Labute approximate surface area is 161 Å². The summed E-state index contributed by atoms with van der Waals surface area (Å²) in [6, 6.07) is 11.2. The van der Waals surface area contributed by atoms with Crippen LogP contribution in [-0.2, 0) is 9.59 Å². The number of ether oxygens (including phenoxy) is 2. The van der Waals surface area contributed by atoms with Gasteiger partial charge in [-0.15, -0.1) is 0 Å². The van der Waals surface area contributed by atoms with Gasteiger partial charge in [0.2, 0.25) is 11.8 Å². The Morgan fingerprint density at radius 2 is 1.86 bits per heavy atom. The SMILES string of the molecule is O=C(CCC1NC(=O)c2ccccc2NC1=O)Nc1ccc2c(c1)OCCO2. The van der Waals surface area contributed by atoms with Crippen LogP contribution in [0, 0.1) is 0 Å². The number of amides is 3. The third-order valence-corrected chi connectivity index (χ3v) is 4.54. The number of nitrogens with one attached hydrogen (secondary N) is 3. The summed E-state index contributed by atoms with van der Waals surface area (Å²) in [5.74, 6) is 0.274. The van der Waals surface area contributed by atoms with Gasteiger partial charge in [-0.3, -0.25) is 14.4 Å². The Kier molecular flexibility index (Phi) is 4.84. The molecule has 0 fully saturated rings. The van der Waals surface area contributed by atoms with Gasteiger partial charge in [-0.1, -0.05) is 12.1 Å². The van der Waals surface area contributed by atoms with Crippen LogP contribution in [0.3, 0.4) is 0 Å². The van der Waals surface area contributed by atoms with Crippen LogP contribution in [0.15, 0.2) is 42.5 Å². The molecule has 1 unspecified atom stereocenters. The molecule has 2 aliphatic rings. The fourth-order valence-electron chi connectivity index (χ4n) is 3.13. The molecule has 0 aliphatic carbocycles. The predicted octanol–water partition coefficient (Wildman–Crippen LogP) is 1.93. The number of carbonyl (C=O) groups is 3. The number of hydrogen-bond donors (Lipinski definition) is 3. The maximum absolute atomic E-state index is 12.4. The van der Waals surface area contributed by atoms with Crippen LogP contribution in [-0.4, -0.2) is 37.0 Å². The lowest BCUT2D eigenvalue weighted by molar-refractivity contribution is -0.118. The predicted molar refractivity (Wildman–Crippen MR) is 102 cm³/mol. The van der Waals surface area contributed by atoms with E-state index in [9.17, 15) is 14.4 Å². The molecule has 2 aromatic carbocycles. The van der Waals surface area contributed by atoms with E-state index in [4.69, 9.17) is 9.47 Å². The van der Waals surface area contributed by atoms with Crippen LogP contribution in [0.25, 0.3) is 0 Å². The van der Waals surface area contributed by atoms with Crippen LogP contribution in [0.5, 0.6) is 11.5 Å². The van der Waals surface area contributed by atoms with Gasteiger partial charge >= 0.3 is 0 Å². The monoisotopic (exact) mass is 381 g/mol. The van der Waals surface area contributed by atoms with Crippen molar-refractivity contribution in [2.24, 2.45) is 0 Å². The second-order valence-corrected chi connectivity index (χ2v) is 6.51. The van der Waals surface area contributed by atoms with Crippen molar-refractivity contribution in [1.82, 2.24) is 5.32 Å². The smallest absolute Gasteiger partial charge is 0.254 e. The summed E-state index contributed by atoms with van der Waals surface area (Å²) in [7, 11) is 0. The fourth-order valence-corrected chi connectivity index (χ4v) is 3.13. The maximum Gasteiger partial charge on any atom is 0.254 e. The number of carbonyl (C=O) groups excluding carboxylic acids is 3. The zero-order valence-corrected chi connectivity index (χ0v) is 15.0. The summed E-state index contributed by atoms with van der Waals surface area (Å²) >= 11 is 0. The first-order valence-electron chi connectivity index (χ1n) is 9.00. The van der Waals surface area contributed by atoms with Crippen molar-refractivity contribution >= 4 is 29.1 Å². The van der Waals surface area contributed by atoms with Gasteiger partial charge < -0.3 is 25.4 Å². The highest BCUT2D eigenvalue weighted by Crippen LogP contribution is 2.32. The highest BCUT2D eigenvalue weighted by Gasteiger charge is 2.27. The highest BCUT2D eigenvalue weighted by atomic mass is 16.6. The molecule has 0 radical (unpaired) electrons. The molecule has 3 amide bonds. The molecule has 144 valence electrons. The third-order valence-electron chi connectivity index (χ3n) is 4.54. The molecule has 2 aromatic rings. The van der Waals surface area contributed by atoms with Gasteiger partial charge in [-0.2, -0.15) is 0 Å². The Bertz CT molecular complexity index is 943. The summed E-state index contributed by atoms with van der Waals surface area (Å²) in [5.41, 5.74) is 1.45. The van der Waals surface area contributed by atoms with Gasteiger partial charge in [-0.25, -0.2) is 0 Å². The summed E-state index contributed by atoms with van der Waals surface area (Å²) in [6.45, 7) is 0.959. The number of fused-ring (bicyclic) bond motifs is 2. The van der Waals surface area contributed by atoms with Crippen LogP contribution in [0.1, 0.15) is 23.2 Å². The summed E-state index contributed by atoms with van der Waals surface area (Å²) in [5, 5.41) is 8.18. The zero-order valence-electron chi connectivity index (χ0n) is 15.0. The molecule has 4 rings (SSSR count). The van der Waals surface area contributed by atoms with Crippen LogP contribution >= 0.6 is 0 Å². The molecule has 8 heteroatoms. The van der Waals surface area contributed by atoms with Crippen molar-refractivity contribution in [3.05, 3.63) is 48.0 Å². The lowest BCUT2D eigenvalue weighted by Crippen LogP contribution is -2.41. The minimum absolute atomic E-state index is 0.0726. The molecule has 0 aromatic heterocycles. The number of para-hydroxylation sites is 1. The van der Waals surface area contributed by atoms with Crippen LogP contribution in [0.2, 0.25) is 0 Å². The molecule has 0 saturated heterocycles. The Morgan fingerprint density at radius 3 is 2.71 bits per heavy atom. The zero-order chi connectivity index (χ0) is 19.5. The largest absolute Gasteiger partial charge is 0.486 e. The van der Waals surface area contributed by atoms with Gasteiger partial charge in [0.1, 0.15) is 19.3 Å². The van der Waals surface area contributed by atoms with Crippen molar-refractivity contribution in [3.63, 3.8) is 0 Å². The molecule has 0 spiro atoms. The van der Waals surface area contributed by atoms with Gasteiger partial charge in [0.15, 0.2) is 11.5 Å². The molecule has 0 bridgehead atoms. The highest BCUT2D eigenvalue weighted by molar-refractivity contribution is 6.10. The number of benzene rings is 2. The van der Waals surface area contributed by atoms with Crippen molar-refractivity contribution in [1.29, 1.82) is 0 Å². The maximum atomic E-state index is 12.4. The third kappa shape index (κ3) is 3.75. The Hall–Kier alpha value is -3.55. The van der Waals surface area contributed by atoms with Gasteiger partial charge in [0.25, 0.3) is 5.91 Å². The van der Waals surface area contributed by atoms with E-state index in [2.05, 4.69) is 16.0 Å². The van der Waals surface area contributed by atoms with E-state index < -0.39 is 6.04 Å². The van der Waals surface area contributed by atoms with Gasteiger partial charge in [0.05, 0.1) is 11.3 Å². The number of rotatable bonds is 4. The Morgan fingerprint density at radius 1 is 1.07 bits per heavy atom. The van der Waals surface area contributed by atoms with E-state index in [0.29, 0.717) is 41.7 Å². The molecule has 2 aliphatic heterocycles. The first-order valence-corrected chi connectivity index (χ1v) is 9.00. The normalized spacial score (nSPS) is 17.6. The fraction of sp³-hybridized carbons (Fsp3) is 0.250. The van der Waals surface area contributed by atoms with Gasteiger partial charge in [-0.05, 0) is 30.7 Å². The minimum Gasteiger partial charge on any atom is -0.486 e. The van der Waals surface area contributed by atoms with Crippen molar-refractivity contribution in [2.45, 2.75) is 18.9 Å². The molecular formula is C20H19N3O5. The van der Waals surface area contributed by atoms with Crippen LogP contribution < -0.4 is 25.4 Å². The van der Waals surface area contributed by atoms with E-state index in [1.54, 1.807) is 42.5 Å². The first kappa shape index (κ1) is 17.8. The number of anilines is 2. The molecule has 0 saturated carbocycles. The quantitative estimate of drug-likeness (QED) is 0.750. The molecule has 3 N–H and O–H groups in total. The van der Waals surface area contributed by atoms with Crippen molar-refractivity contribution < 1.29 is 23.9 Å². The van der Waals surface area contributed by atoms with E-state index in [0.717, 1.165) is 0 Å². The van der Waals surface area contributed by atoms with Crippen molar-refractivity contribution in [2.75, 3.05) is 23.8 Å². The Balaban J connectivity index is 1.36. The second kappa shape index (κ2) is 7.59. The first-order chi connectivity index (χ1) is 13.6. The minimum atomic E-state index is -0.786. The molecule has 8 nitrogen and oxygen atoms in total. The van der Waals surface area contributed by atoms with E-state index >= 15 is 0 Å². The molecule has 28 heavy (non-hydrogen) atoms. The lowest BCUT2D eigenvalue weighted by atomic mass is 10.1. The van der Waals surface area contributed by atoms with Crippen molar-refractivity contribution in [3.8, 4) is 11.5 Å². The summed E-state index contributed by atoms with van der Waals surface area (Å²) in [6.07, 6.45) is 0.255. The van der Waals surface area contributed by atoms with Crippen LogP contribution in [0.4, 0.5) is 11.4 Å². The average molecular weight is 381 g/mol. The molecule has 1 atom stereocenters. The molecular weight excluding hydrogens is 362 g/mol. The topological polar surface area (TPSA) is 106 Å². The van der Waals surface area contributed by atoms with Gasteiger partial charge in [0, 0.05) is 18.2 Å². The average Bonchev–Trinajstić information content (AvgIpc) is 2.82. The number of hydrogen-bond acceptors (Lipinski definition) is 5. The second-order valence-electron chi connectivity index (χ2n) is 6.51.